The number of anilines is 6. The number of hydrogen-bond donors (Lipinski definition) is 0. The van der Waals surface area contributed by atoms with Gasteiger partial charge in [0.15, 0.2) is 0 Å². The molecule has 106 heavy (non-hydrogen) atoms. The van der Waals surface area contributed by atoms with Crippen molar-refractivity contribution in [3.8, 4) is 66.8 Å². The Morgan fingerprint density at radius 3 is 0.708 bits per heavy atom. The number of benzene rings is 17. The summed E-state index contributed by atoms with van der Waals surface area (Å²) >= 11 is 0. The minimum atomic E-state index is -0.243. The van der Waals surface area contributed by atoms with Crippen molar-refractivity contribution in [2.24, 2.45) is 0 Å². The Kier molecular flexibility index (Phi) is 15.6. The predicted molar refractivity (Wildman–Crippen MR) is 453 cm³/mol. The second-order valence-corrected chi connectivity index (χ2v) is 29.6. The average molecular weight is 1350 g/mol. The highest BCUT2D eigenvalue weighted by Gasteiger charge is 2.38. The average Bonchev–Trinajstić information content (AvgIpc) is 1.56. The molecule has 17 aromatic carbocycles. The summed E-state index contributed by atoms with van der Waals surface area (Å²) in [7, 11) is 0. The highest BCUT2D eigenvalue weighted by Crippen LogP contribution is 2.54. The van der Waals surface area contributed by atoms with E-state index in [0.29, 0.717) is 0 Å². The van der Waals surface area contributed by atoms with Crippen LogP contribution in [-0.4, -0.2) is 0 Å². The van der Waals surface area contributed by atoms with Crippen LogP contribution in [0.5, 0.6) is 0 Å². The Labute approximate surface area is 621 Å². The zero-order chi connectivity index (χ0) is 71.0. The van der Waals surface area contributed by atoms with Crippen molar-refractivity contribution in [1.29, 1.82) is 0 Å². The van der Waals surface area contributed by atoms with Crippen molar-refractivity contribution >= 4 is 102 Å². The van der Waals surface area contributed by atoms with Crippen LogP contribution in [0.1, 0.15) is 72.2 Å². The van der Waals surface area contributed by atoms with Crippen molar-refractivity contribution < 1.29 is 0 Å². The molecule has 2 aliphatic rings. The van der Waals surface area contributed by atoms with Gasteiger partial charge in [0.05, 0.1) is 0 Å². The van der Waals surface area contributed by atoms with Gasteiger partial charge in [0.1, 0.15) is 0 Å². The molecule has 19 rings (SSSR count). The molecule has 0 fully saturated rings. The van der Waals surface area contributed by atoms with Gasteiger partial charge in [-0.3, -0.25) is 0 Å². The molecule has 17 aromatic rings. The molecule has 2 heteroatoms. The van der Waals surface area contributed by atoms with Crippen LogP contribution >= 0.6 is 0 Å². The molecule has 0 heterocycles. The van der Waals surface area contributed by atoms with Gasteiger partial charge in [-0.1, -0.05) is 343 Å². The third-order valence-corrected chi connectivity index (χ3v) is 22.7. The fraction of sp³-hybridized carbons (Fsp3) is 0.0577. The van der Waals surface area contributed by atoms with Gasteiger partial charge in [0.2, 0.25) is 0 Å². The minimum absolute atomic E-state index is 0.243. The van der Waals surface area contributed by atoms with Crippen molar-refractivity contribution in [3.05, 3.63) is 408 Å². The third-order valence-electron chi connectivity index (χ3n) is 22.7. The molecule has 0 amide bonds. The summed E-state index contributed by atoms with van der Waals surface area (Å²) in [5.41, 5.74) is 31.1. The molecular formula is C104H76N2. The zero-order valence-electron chi connectivity index (χ0n) is 59.8. The lowest BCUT2D eigenvalue weighted by Crippen LogP contribution is -2.16. The van der Waals surface area contributed by atoms with E-state index in [1.807, 2.05) is 0 Å². The normalized spacial score (nSPS) is 13.2. The molecular weight excluding hydrogens is 1280 g/mol. The molecule has 0 aromatic heterocycles. The number of fused-ring (bicyclic) bond motifs is 10. The Bertz CT molecular complexity index is 5690. The van der Waals surface area contributed by atoms with Crippen LogP contribution in [0.4, 0.5) is 34.1 Å². The van der Waals surface area contributed by atoms with Gasteiger partial charge in [0, 0.05) is 45.0 Å². The van der Waals surface area contributed by atoms with Gasteiger partial charge in [-0.2, -0.15) is 0 Å². The largest absolute Gasteiger partial charge is 0.310 e. The van der Waals surface area contributed by atoms with E-state index in [-0.39, 0.29) is 10.8 Å². The summed E-state index contributed by atoms with van der Waals surface area (Å²) in [6.45, 7) is 9.55. The summed E-state index contributed by atoms with van der Waals surface area (Å²) in [6.07, 6.45) is 9.02. The van der Waals surface area contributed by atoms with Crippen LogP contribution in [-0.2, 0) is 10.8 Å². The van der Waals surface area contributed by atoms with Crippen molar-refractivity contribution in [2.45, 2.75) is 38.5 Å². The van der Waals surface area contributed by atoms with E-state index in [4.69, 9.17) is 0 Å². The first kappa shape index (κ1) is 63.8. The SMILES string of the molecule is CC1(C)c2cc(/C=C/c3ccc(/C=C/c4ccc5c(c4)C(C)(C)c4cc(N(c6ccc(-c7cccc8ccccc78)cc6)c6ccc(-c7cccc8ccccc78)cc6)ccc4-5)cc3)ccc2-c2ccc(N(c3ccc(-c4cccc5ccccc45)cc3)c3ccc(-c4cccc5ccccc45)cc3)cc21. The Morgan fingerprint density at radius 2 is 0.415 bits per heavy atom. The van der Waals surface area contributed by atoms with E-state index in [2.05, 4.69) is 426 Å². The first-order chi connectivity index (χ1) is 52.0. The Balaban J connectivity index is 0.568. The number of nitrogens with zero attached hydrogens (tertiary/aromatic N) is 2. The van der Waals surface area contributed by atoms with Crippen LogP contribution in [0.3, 0.4) is 0 Å². The molecule has 2 nitrogen and oxygen atoms in total. The molecule has 0 radical (unpaired) electrons. The molecule has 2 aliphatic carbocycles. The van der Waals surface area contributed by atoms with E-state index >= 15 is 0 Å². The van der Waals surface area contributed by atoms with E-state index < -0.39 is 0 Å². The summed E-state index contributed by atoms with van der Waals surface area (Å²) < 4.78 is 0. The van der Waals surface area contributed by atoms with Crippen LogP contribution < -0.4 is 9.80 Å². The molecule has 0 N–H and O–H groups in total. The monoisotopic (exact) mass is 1350 g/mol. The van der Waals surface area contributed by atoms with Crippen molar-refractivity contribution in [3.63, 3.8) is 0 Å². The standard InChI is InChI=1S/C104H76N2/c1-103(2)99-65-71(41-61-95(99)97-63-59-85(67-101(97)103)105(81-51-43-77(44-52-81)91-29-13-21-73-17-5-9-25-87(73)91)82-53-45-78(46-54-82)92-30-14-22-74-18-6-10-26-88(74)92)39-37-69-33-35-70(36-34-69)38-40-72-42-62-96-98-64-60-86(68-102(98)104(3,4)100(96)66-72)106(83-55-47-79(48-56-83)93-31-15-23-75-19-7-11-27-89(75)93)84-57-49-80(50-58-84)94-32-16-24-76-20-8-12-28-90(76)94/h5-68H,1-4H3/b39-37+,40-38+. The van der Waals surface area contributed by atoms with Crippen LogP contribution in [0.2, 0.25) is 0 Å². The fourth-order valence-corrected chi connectivity index (χ4v) is 17.0. The van der Waals surface area contributed by atoms with E-state index in [1.165, 1.54) is 143 Å². The number of hydrogen-bond acceptors (Lipinski definition) is 2. The van der Waals surface area contributed by atoms with E-state index in [0.717, 1.165) is 45.3 Å². The van der Waals surface area contributed by atoms with E-state index in [9.17, 15) is 0 Å². The lowest BCUT2D eigenvalue weighted by molar-refractivity contribution is 0.660. The molecule has 0 saturated heterocycles. The second-order valence-electron chi connectivity index (χ2n) is 29.6. The first-order valence-corrected chi connectivity index (χ1v) is 37.0. The van der Waals surface area contributed by atoms with Crippen LogP contribution in [0.25, 0.3) is 134 Å². The smallest absolute Gasteiger partial charge is 0.0465 e. The van der Waals surface area contributed by atoms with E-state index in [1.54, 1.807) is 0 Å². The Morgan fingerprint density at radius 1 is 0.189 bits per heavy atom. The molecule has 0 spiro atoms. The Hall–Kier alpha value is -13.1. The summed E-state index contributed by atoms with van der Waals surface area (Å²) in [4.78, 5) is 4.85. The highest BCUT2D eigenvalue weighted by molar-refractivity contribution is 6.02. The van der Waals surface area contributed by atoms with Gasteiger partial charge >= 0.3 is 0 Å². The van der Waals surface area contributed by atoms with Crippen molar-refractivity contribution in [2.75, 3.05) is 9.80 Å². The van der Waals surface area contributed by atoms with Crippen LogP contribution in [0, 0.1) is 0 Å². The highest BCUT2D eigenvalue weighted by atomic mass is 15.1. The fourth-order valence-electron chi connectivity index (χ4n) is 17.0. The minimum Gasteiger partial charge on any atom is -0.310 e. The van der Waals surface area contributed by atoms with Gasteiger partial charge < -0.3 is 9.80 Å². The molecule has 0 unspecified atom stereocenters. The lowest BCUT2D eigenvalue weighted by Gasteiger charge is -2.28. The van der Waals surface area contributed by atoms with Crippen molar-refractivity contribution in [1.82, 2.24) is 0 Å². The van der Waals surface area contributed by atoms with Gasteiger partial charge in [-0.15, -0.1) is 0 Å². The molecule has 0 aliphatic heterocycles. The summed E-state index contributed by atoms with van der Waals surface area (Å²) in [6, 6.07) is 135. The lowest BCUT2D eigenvalue weighted by atomic mass is 9.81. The summed E-state index contributed by atoms with van der Waals surface area (Å²) in [5, 5.41) is 10.00. The molecule has 0 bridgehead atoms. The summed E-state index contributed by atoms with van der Waals surface area (Å²) in [5.74, 6) is 0. The maximum absolute atomic E-state index is 2.44. The molecule has 0 atom stereocenters. The predicted octanol–water partition coefficient (Wildman–Crippen LogP) is 28.9. The second kappa shape index (κ2) is 26.0. The third kappa shape index (κ3) is 11.3. The quantitative estimate of drug-likeness (QED) is 0.100. The van der Waals surface area contributed by atoms with Gasteiger partial charge in [-0.05, 0) is 227 Å². The van der Waals surface area contributed by atoms with Crippen LogP contribution in [0.15, 0.2) is 364 Å². The topological polar surface area (TPSA) is 6.48 Å². The first-order valence-electron chi connectivity index (χ1n) is 37.0. The molecule has 0 saturated carbocycles. The maximum Gasteiger partial charge on any atom is 0.0465 e. The van der Waals surface area contributed by atoms with Gasteiger partial charge in [0.25, 0.3) is 0 Å². The van der Waals surface area contributed by atoms with Gasteiger partial charge in [-0.25, -0.2) is 0 Å². The molecule has 502 valence electrons. The number of rotatable bonds is 14. The zero-order valence-corrected chi connectivity index (χ0v) is 59.8. The maximum atomic E-state index is 2.44.